The molecule has 0 fully saturated rings. The predicted octanol–water partition coefficient (Wildman–Crippen LogP) is 3.31. The Morgan fingerprint density at radius 2 is 1.86 bits per heavy atom. The van der Waals surface area contributed by atoms with Gasteiger partial charge in [0, 0.05) is 5.56 Å². The topological polar surface area (TPSA) is 50.9 Å². The SMILES string of the molecule is C=C(C)Cn1nnc(CO)c1-c1ccc(C(C)(C)C)cc1. The molecule has 4 heteroatoms. The fraction of sp³-hybridized carbons (Fsp3) is 0.412. The van der Waals surface area contributed by atoms with Gasteiger partial charge in [0.2, 0.25) is 0 Å². The van der Waals surface area contributed by atoms with Crippen molar-refractivity contribution < 1.29 is 5.11 Å². The Morgan fingerprint density at radius 3 is 2.33 bits per heavy atom. The van der Waals surface area contributed by atoms with Gasteiger partial charge in [0.25, 0.3) is 0 Å². The Hall–Kier alpha value is -1.94. The van der Waals surface area contributed by atoms with E-state index in [9.17, 15) is 5.11 Å². The minimum absolute atomic E-state index is 0.119. The normalized spacial score (nSPS) is 11.7. The summed E-state index contributed by atoms with van der Waals surface area (Å²) >= 11 is 0. The first kappa shape index (κ1) is 15.4. The van der Waals surface area contributed by atoms with Crippen LogP contribution in [-0.2, 0) is 18.6 Å². The van der Waals surface area contributed by atoms with E-state index in [-0.39, 0.29) is 12.0 Å². The van der Waals surface area contributed by atoms with Gasteiger partial charge in [-0.3, -0.25) is 0 Å². The summed E-state index contributed by atoms with van der Waals surface area (Å²) in [6.07, 6.45) is 0. The molecule has 0 saturated heterocycles. The molecule has 112 valence electrons. The molecule has 0 saturated carbocycles. The number of hydrogen-bond donors (Lipinski definition) is 1. The predicted molar refractivity (Wildman–Crippen MR) is 84.9 cm³/mol. The first-order valence-corrected chi connectivity index (χ1v) is 7.11. The molecule has 0 aliphatic heterocycles. The molecule has 1 aromatic carbocycles. The lowest BCUT2D eigenvalue weighted by Gasteiger charge is -2.19. The van der Waals surface area contributed by atoms with Crippen LogP contribution in [0, 0.1) is 0 Å². The average molecular weight is 285 g/mol. The number of allylic oxidation sites excluding steroid dienone is 1. The van der Waals surface area contributed by atoms with Gasteiger partial charge < -0.3 is 5.11 Å². The molecule has 1 N–H and O–H groups in total. The van der Waals surface area contributed by atoms with Crippen molar-refractivity contribution in [3.63, 3.8) is 0 Å². The third kappa shape index (κ3) is 3.39. The number of aromatic nitrogens is 3. The second kappa shape index (κ2) is 5.82. The summed E-state index contributed by atoms with van der Waals surface area (Å²) in [6.45, 7) is 12.9. The van der Waals surface area contributed by atoms with Crippen LogP contribution in [0.5, 0.6) is 0 Å². The lowest BCUT2D eigenvalue weighted by molar-refractivity contribution is 0.277. The van der Waals surface area contributed by atoms with E-state index in [4.69, 9.17) is 0 Å². The molecular formula is C17H23N3O. The Labute approximate surface area is 126 Å². The van der Waals surface area contributed by atoms with Gasteiger partial charge in [0.05, 0.1) is 18.8 Å². The summed E-state index contributed by atoms with van der Waals surface area (Å²) in [5.74, 6) is 0. The van der Waals surface area contributed by atoms with Crippen molar-refractivity contribution in [2.24, 2.45) is 0 Å². The maximum absolute atomic E-state index is 9.47. The maximum Gasteiger partial charge on any atom is 0.116 e. The van der Waals surface area contributed by atoms with Crippen LogP contribution in [0.15, 0.2) is 36.4 Å². The van der Waals surface area contributed by atoms with Crippen LogP contribution in [-0.4, -0.2) is 20.1 Å². The molecule has 0 aliphatic carbocycles. The lowest BCUT2D eigenvalue weighted by atomic mass is 9.86. The quantitative estimate of drug-likeness (QED) is 0.877. The summed E-state index contributed by atoms with van der Waals surface area (Å²) in [7, 11) is 0. The first-order chi connectivity index (χ1) is 9.82. The average Bonchev–Trinajstić information content (AvgIpc) is 2.80. The molecule has 2 rings (SSSR count). The molecule has 0 spiro atoms. The zero-order valence-electron chi connectivity index (χ0n) is 13.2. The van der Waals surface area contributed by atoms with Crippen LogP contribution in [0.25, 0.3) is 11.3 Å². The van der Waals surface area contributed by atoms with E-state index >= 15 is 0 Å². The van der Waals surface area contributed by atoms with Crippen LogP contribution in [0.1, 0.15) is 39.0 Å². The third-order valence-corrected chi connectivity index (χ3v) is 3.40. The standard InChI is InChI=1S/C17H23N3O/c1-12(2)10-20-16(15(11-21)18-19-20)13-6-8-14(9-7-13)17(3,4)5/h6-9,21H,1,10-11H2,2-5H3. The van der Waals surface area contributed by atoms with E-state index in [1.54, 1.807) is 4.68 Å². The number of nitrogens with zero attached hydrogens (tertiary/aromatic N) is 3. The second-order valence-corrected chi connectivity index (χ2v) is 6.48. The van der Waals surface area contributed by atoms with Crippen LogP contribution < -0.4 is 0 Å². The van der Waals surface area contributed by atoms with Gasteiger partial charge in [-0.05, 0) is 17.9 Å². The van der Waals surface area contributed by atoms with Crippen molar-refractivity contribution in [2.45, 2.75) is 46.3 Å². The van der Waals surface area contributed by atoms with Gasteiger partial charge in [-0.25, -0.2) is 4.68 Å². The number of benzene rings is 1. The zero-order valence-corrected chi connectivity index (χ0v) is 13.2. The monoisotopic (exact) mass is 285 g/mol. The highest BCUT2D eigenvalue weighted by Gasteiger charge is 2.17. The van der Waals surface area contributed by atoms with Crippen molar-refractivity contribution >= 4 is 0 Å². The third-order valence-electron chi connectivity index (χ3n) is 3.40. The number of aliphatic hydroxyl groups is 1. The summed E-state index contributed by atoms with van der Waals surface area (Å²) in [5, 5.41) is 17.7. The first-order valence-electron chi connectivity index (χ1n) is 7.11. The highest BCUT2D eigenvalue weighted by atomic mass is 16.3. The molecule has 0 atom stereocenters. The Kier molecular flexibility index (Phi) is 4.28. The molecule has 0 unspecified atom stereocenters. The summed E-state index contributed by atoms with van der Waals surface area (Å²) in [5.41, 5.74) is 4.86. The van der Waals surface area contributed by atoms with Crippen LogP contribution in [0.4, 0.5) is 0 Å². The van der Waals surface area contributed by atoms with Crippen molar-refractivity contribution in [3.05, 3.63) is 47.7 Å². The minimum Gasteiger partial charge on any atom is -0.390 e. The molecular weight excluding hydrogens is 262 g/mol. The van der Waals surface area contributed by atoms with Gasteiger partial charge in [0.1, 0.15) is 5.69 Å². The van der Waals surface area contributed by atoms with Gasteiger partial charge in [0.15, 0.2) is 0 Å². The van der Waals surface area contributed by atoms with Crippen LogP contribution >= 0.6 is 0 Å². The molecule has 1 aromatic heterocycles. The minimum atomic E-state index is -0.119. The van der Waals surface area contributed by atoms with E-state index in [0.29, 0.717) is 12.2 Å². The van der Waals surface area contributed by atoms with Crippen molar-refractivity contribution in [3.8, 4) is 11.3 Å². The molecule has 4 nitrogen and oxygen atoms in total. The van der Waals surface area contributed by atoms with E-state index in [2.05, 4.69) is 61.9 Å². The second-order valence-electron chi connectivity index (χ2n) is 6.48. The van der Waals surface area contributed by atoms with Gasteiger partial charge in [-0.2, -0.15) is 0 Å². The molecule has 0 amide bonds. The highest BCUT2D eigenvalue weighted by Crippen LogP contribution is 2.27. The fourth-order valence-corrected chi connectivity index (χ4v) is 2.27. The lowest BCUT2D eigenvalue weighted by Crippen LogP contribution is -2.10. The Bertz CT molecular complexity index is 633. The Morgan fingerprint density at radius 1 is 1.24 bits per heavy atom. The zero-order chi connectivity index (χ0) is 15.6. The molecule has 21 heavy (non-hydrogen) atoms. The molecule has 0 aliphatic rings. The summed E-state index contributed by atoms with van der Waals surface area (Å²) in [4.78, 5) is 0. The molecule has 0 bridgehead atoms. The largest absolute Gasteiger partial charge is 0.390 e. The fourth-order valence-electron chi connectivity index (χ4n) is 2.27. The number of rotatable bonds is 4. The van der Waals surface area contributed by atoms with Crippen molar-refractivity contribution in [1.82, 2.24) is 15.0 Å². The molecule has 1 heterocycles. The van der Waals surface area contributed by atoms with E-state index < -0.39 is 0 Å². The molecule has 0 radical (unpaired) electrons. The van der Waals surface area contributed by atoms with Gasteiger partial charge in [-0.15, -0.1) is 5.10 Å². The summed E-state index contributed by atoms with van der Waals surface area (Å²) in [6, 6.07) is 8.36. The maximum atomic E-state index is 9.47. The smallest absolute Gasteiger partial charge is 0.116 e. The molecule has 2 aromatic rings. The van der Waals surface area contributed by atoms with Gasteiger partial charge in [-0.1, -0.05) is 62.4 Å². The van der Waals surface area contributed by atoms with Crippen LogP contribution in [0.2, 0.25) is 0 Å². The van der Waals surface area contributed by atoms with E-state index in [1.807, 2.05) is 6.92 Å². The Balaban J connectivity index is 2.45. The number of aliphatic hydroxyl groups excluding tert-OH is 1. The van der Waals surface area contributed by atoms with E-state index in [0.717, 1.165) is 16.8 Å². The van der Waals surface area contributed by atoms with Crippen LogP contribution in [0.3, 0.4) is 0 Å². The van der Waals surface area contributed by atoms with E-state index in [1.165, 1.54) is 5.56 Å². The number of hydrogen-bond acceptors (Lipinski definition) is 3. The van der Waals surface area contributed by atoms with Crippen molar-refractivity contribution in [1.29, 1.82) is 0 Å². The highest BCUT2D eigenvalue weighted by molar-refractivity contribution is 5.62. The van der Waals surface area contributed by atoms with Gasteiger partial charge >= 0.3 is 0 Å². The van der Waals surface area contributed by atoms with Crippen molar-refractivity contribution in [2.75, 3.05) is 0 Å². The summed E-state index contributed by atoms with van der Waals surface area (Å²) < 4.78 is 1.79.